The largest absolute Gasteiger partial charge is 0.466 e. The lowest BCUT2D eigenvalue weighted by molar-refractivity contribution is -0.143. The van der Waals surface area contributed by atoms with E-state index in [1.807, 2.05) is 6.08 Å². The summed E-state index contributed by atoms with van der Waals surface area (Å²) in [7, 11) is 0. The van der Waals surface area contributed by atoms with Gasteiger partial charge in [-0.05, 0) is 89.9 Å². The third-order valence-electron chi connectivity index (χ3n) is 13.8. The van der Waals surface area contributed by atoms with Gasteiger partial charge in [0, 0.05) is 12.8 Å². The van der Waals surface area contributed by atoms with Gasteiger partial charge in [-0.1, -0.05) is 262 Å². The van der Waals surface area contributed by atoms with E-state index in [1.165, 1.54) is 218 Å². The van der Waals surface area contributed by atoms with Crippen molar-refractivity contribution >= 4 is 11.9 Å². The van der Waals surface area contributed by atoms with Crippen molar-refractivity contribution in [2.45, 2.75) is 328 Å². The molecule has 0 heterocycles. The van der Waals surface area contributed by atoms with E-state index in [-0.39, 0.29) is 18.5 Å². The van der Waals surface area contributed by atoms with E-state index in [9.17, 15) is 19.8 Å². The van der Waals surface area contributed by atoms with Gasteiger partial charge in [0.2, 0.25) is 5.91 Å². The fraction of sp³-hybridized carbons (Fsp3) is 0.841. The molecule has 0 rings (SSSR count). The zero-order chi connectivity index (χ0) is 50.0. The van der Waals surface area contributed by atoms with Crippen LogP contribution in [-0.2, 0) is 14.3 Å². The molecular weight excluding hydrogens is 851 g/mol. The molecule has 6 nitrogen and oxygen atoms in total. The molecule has 0 spiro atoms. The Morgan fingerprint density at radius 1 is 0.406 bits per heavy atom. The van der Waals surface area contributed by atoms with E-state index in [1.54, 1.807) is 6.08 Å². The van der Waals surface area contributed by atoms with Crippen molar-refractivity contribution < 1.29 is 24.5 Å². The maximum atomic E-state index is 12.5. The van der Waals surface area contributed by atoms with Crippen LogP contribution in [0.25, 0.3) is 0 Å². The van der Waals surface area contributed by atoms with Crippen LogP contribution in [0.15, 0.2) is 48.6 Å². The van der Waals surface area contributed by atoms with Gasteiger partial charge >= 0.3 is 5.97 Å². The maximum Gasteiger partial charge on any atom is 0.305 e. The lowest BCUT2D eigenvalue weighted by atomic mass is 10.0. The summed E-state index contributed by atoms with van der Waals surface area (Å²) in [4.78, 5) is 24.5. The lowest BCUT2D eigenvalue weighted by Gasteiger charge is -2.20. The number of unbranched alkanes of at least 4 members (excludes halogenated alkanes) is 39. The highest BCUT2D eigenvalue weighted by Crippen LogP contribution is 2.16. The van der Waals surface area contributed by atoms with Crippen LogP contribution in [0.3, 0.4) is 0 Å². The van der Waals surface area contributed by atoms with Gasteiger partial charge in [-0.3, -0.25) is 9.59 Å². The fourth-order valence-electron chi connectivity index (χ4n) is 9.13. The molecule has 0 fully saturated rings. The molecule has 0 aromatic rings. The molecule has 0 radical (unpaired) electrons. The van der Waals surface area contributed by atoms with Crippen LogP contribution in [-0.4, -0.2) is 47.4 Å². The summed E-state index contributed by atoms with van der Waals surface area (Å²) in [5.74, 6) is -0.0932. The summed E-state index contributed by atoms with van der Waals surface area (Å²) in [6.07, 6.45) is 74.2. The summed E-state index contributed by atoms with van der Waals surface area (Å²) in [6, 6.07) is -0.640. The SMILES string of the molecule is CCCCCC/C=C\C/C=C\CCCCCCCC(=O)OCCCCCCCCCCC/C=C\CCCCCCCC(=O)NC(CO)C(O)/C=C/CCCCCCCCCCCCCCCCCC. The minimum absolute atomic E-state index is 0.0116. The number of ether oxygens (including phenoxy) is 1. The molecular formula is C63H117NO5. The Morgan fingerprint density at radius 3 is 1.13 bits per heavy atom. The molecule has 0 aliphatic rings. The Labute approximate surface area is 429 Å². The molecule has 0 saturated heterocycles. The van der Waals surface area contributed by atoms with Gasteiger partial charge in [-0.25, -0.2) is 0 Å². The van der Waals surface area contributed by atoms with Crippen molar-refractivity contribution in [1.82, 2.24) is 5.32 Å². The number of nitrogens with one attached hydrogen (secondary N) is 1. The first-order valence-electron chi connectivity index (χ1n) is 30.4. The molecule has 0 saturated carbocycles. The first kappa shape index (κ1) is 66.8. The molecule has 0 aromatic carbocycles. The van der Waals surface area contributed by atoms with Crippen molar-refractivity contribution in [1.29, 1.82) is 0 Å². The number of rotatable bonds is 56. The average molecular weight is 969 g/mol. The van der Waals surface area contributed by atoms with E-state index in [2.05, 4.69) is 55.6 Å². The predicted molar refractivity (Wildman–Crippen MR) is 301 cm³/mol. The molecule has 0 aliphatic heterocycles. The maximum absolute atomic E-state index is 12.5. The second-order valence-corrected chi connectivity index (χ2v) is 20.7. The number of hydrogen-bond acceptors (Lipinski definition) is 5. The second kappa shape index (κ2) is 58.4. The first-order chi connectivity index (χ1) is 34.0. The van der Waals surface area contributed by atoms with Gasteiger partial charge in [0.25, 0.3) is 0 Å². The van der Waals surface area contributed by atoms with Crippen LogP contribution < -0.4 is 5.32 Å². The van der Waals surface area contributed by atoms with Crippen LogP contribution in [0, 0.1) is 0 Å². The Balaban J connectivity index is 3.49. The van der Waals surface area contributed by atoms with Crippen LogP contribution >= 0.6 is 0 Å². The normalized spacial score (nSPS) is 12.9. The van der Waals surface area contributed by atoms with Crippen molar-refractivity contribution in [3.05, 3.63) is 48.6 Å². The number of hydrogen-bond donors (Lipinski definition) is 3. The molecule has 2 atom stereocenters. The molecule has 3 N–H and O–H groups in total. The fourth-order valence-corrected chi connectivity index (χ4v) is 9.13. The van der Waals surface area contributed by atoms with E-state index in [0.29, 0.717) is 19.4 Å². The number of allylic oxidation sites excluding steroid dienone is 7. The van der Waals surface area contributed by atoms with Crippen molar-refractivity contribution in [3.8, 4) is 0 Å². The third kappa shape index (κ3) is 55.0. The highest BCUT2D eigenvalue weighted by Gasteiger charge is 2.18. The Morgan fingerprint density at radius 2 is 0.725 bits per heavy atom. The van der Waals surface area contributed by atoms with Crippen LogP contribution in [0.5, 0.6) is 0 Å². The molecule has 0 aromatic heterocycles. The summed E-state index contributed by atoms with van der Waals surface area (Å²) >= 11 is 0. The minimum Gasteiger partial charge on any atom is -0.466 e. The molecule has 0 bridgehead atoms. The van der Waals surface area contributed by atoms with Crippen LogP contribution in [0.4, 0.5) is 0 Å². The number of carbonyl (C=O) groups excluding carboxylic acids is 2. The second-order valence-electron chi connectivity index (χ2n) is 20.7. The Bertz CT molecular complexity index is 1160. The zero-order valence-corrected chi connectivity index (χ0v) is 46.0. The van der Waals surface area contributed by atoms with Gasteiger partial charge in [0.15, 0.2) is 0 Å². The minimum atomic E-state index is -0.855. The van der Waals surface area contributed by atoms with Gasteiger partial charge in [0.05, 0.1) is 25.4 Å². The van der Waals surface area contributed by atoms with E-state index in [0.717, 1.165) is 70.6 Å². The van der Waals surface area contributed by atoms with E-state index >= 15 is 0 Å². The highest BCUT2D eigenvalue weighted by molar-refractivity contribution is 5.76. The van der Waals surface area contributed by atoms with E-state index < -0.39 is 12.1 Å². The van der Waals surface area contributed by atoms with Crippen molar-refractivity contribution in [3.63, 3.8) is 0 Å². The van der Waals surface area contributed by atoms with E-state index in [4.69, 9.17) is 4.74 Å². The molecule has 6 heteroatoms. The summed E-state index contributed by atoms with van der Waals surface area (Å²) in [6.45, 7) is 4.87. The quantitative estimate of drug-likeness (QED) is 0.0321. The number of aliphatic hydroxyl groups is 2. The third-order valence-corrected chi connectivity index (χ3v) is 13.8. The van der Waals surface area contributed by atoms with Gasteiger partial charge in [0.1, 0.15) is 0 Å². The van der Waals surface area contributed by atoms with Crippen molar-refractivity contribution in [2.75, 3.05) is 13.2 Å². The topological polar surface area (TPSA) is 95.9 Å². The van der Waals surface area contributed by atoms with Crippen LogP contribution in [0.2, 0.25) is 0 Å². The van der Waals surface area contributed by atoms with Crippen molar-refractivity contribution in [2.24, 2.45) is 0 Å². The average Bonchev–Trinajstić information content (AvgIpc) is 3.35. The molecule has 1 amide bonds. The standard InChI is InChI=1S/C63H117NO5/c1-3-5-7-9-11-13-15-17-19-21-24-27-31-35-39-43-47-51-55-61(66)60(59-65)64-62(67)56-52-48-44-40-36-32-28-25-22-23-26-30-34-38-42-46-50-54-58-69-63(68)57-53-49-45-41-37-33-29-20-18-16-14-12-10-8-6-4-2/h14,16,20,25,28-29,51,55,60-61,65-66H,3-13,15,17-19,21-24,26-27,30-50,52-54,56-59H2,1-2H3,(H,64,67)/b16-14-,28-25-,29-20-,55-51+. The Kier molecular flexibility index (Phi) is 56.5. The Hall–Kier alpha value is -2.18. The van der Waals surface area contributed by atoms with Gasteiger partial charge in [-0.15, -0.1) is 0 Å². The monoisotopic (exact) mass is 968 g/mol. The number of carbonyl (C=O) groups is 2. The highest BCUT2D eigenvalue weighted by atomic mass is 16.5. The van der Waals surface area contributed by atoms with Gasteiger partial charge < -0.3 is 20.3 Å². The molecule has 69 heavy (non-hydrogen) atoms. The van der Waals surface area contributed by atoms with Crippen LogP contribution in [0.1, 0.15) is 316 Å². The number of amides is 1. The number of aliphatic hydroxyl groups excluding tert-OH is 2. The summed E-state index contributed by atoms with van der Waals surface area (Å²) in [5, 5.41) is 23.1. The molecule has 2 unspecified atom stereocenters. The molecule has 0 aliphatic carbocycles. The summed E-state index contributed by atoms with van der Waals surface area (Å²) in [5.41, 5.74) is 0. The first-order valence-corrected chi connectivity index (χ1v) is 30.4. The lowest BCUT2D eigenvalue weighted by Crippen LogP contribution is -2.45. The smallest absolute Gasteiger partial charge is 0.305 e. The number of esters is 1. The molecule has 404 valence electrons. The summed E-state index contributed by atoms with van der Waals surface area (Å²) < 4.78 is 5.47. The van der Waals surface area contributed by atoms with Gasteiger partial charge in [-0.2, -0.15) is 0 Å². The zero-order valence-electron chi connectivity index (χ0n) is 46.0. The predicted octanol–water partition coefficient (Wildman–Crippen LogP) is 19.0.